The monoisotopic (exact) mass is 616 g/mol. The zero-order chi connectivity index (χ0) is 28.6. The number of amides is 1. The lowest BCUT2D eigenvalue weighted by Gasteiger charge is -2.39. The fraction of sp³-hybridized carbons (Fsp3) is 0.522. The average molecular weight is 617 g/mol. The van der Waals surface area contributed by atoms with E-state index in [9.17, 15) is 39.6 Å². The highest BCUT2D eigenvalue weighted by Gasteiger charge is 2.40. The van der Waals surface area contributed by atoms with Crippen LogP contribution in [0.3, 0.4) is 0 Å². The van der Waals surface area contributed by atoms with Crippen molar-refractivity contribution in [3.63, 3.8) is 0 Å². The molecule has 3 aliphatic heterocycles. The molecule has 1 aromatic carbocycles. The Hall–Kier alpha value is -2.26. The zero-order valence-electron chi connectivity index (χ0n) is 20.2. The van der Waals surface area contributed by atoms with Gasteiger partial charge in [0.1, 0.15) is 23.3 Å². The topological polar surface area (TPSA) is 82.4 Å². The molecule has 1 aromatic rings. The zero-order valence-corrected chi connectivity index (χ0v) is 22.6. The Morgan fingerprint density at radius 2 is 1.77 bits per heavy atom. The standard InChI is InChI=1S/C23H23ClF6N4O3S2/c24-18-7-14(11-39(36,37)12-23(28,29)30)1-2-15(18)8-19(35)33-3-5-34(6-4-33)20-17-9-16(10-22(25,26)27)38-21(17)32-13-31-20/h1-2,7,9,13,17,21H,3-6,8,10-12H2. The number of nitrogens with zero attached hydrogens (tertiary/aromatic N) is 4. The average Bonchev–Trinajstić information content (AvgIpc) is 3.19. The molecule has 4 rings (SSSR count). The van der Waals surface area contributed by atoms with E-state index in [0.717, 1.165) is 11.8 Å². The summed E-state index contributed by atoms with van der Waals surface area (Å²) in [6, 6.07) is 4.00. The van der Waals surface area contributed by atoms with Crippen LogP contribution in [0.15, 0.2) is 39.2 Å². The van der Waals surface area contributed by atoms with Crippen molar-refractivity contribution in [2.45, 2.75) is 36.3 Å². The molecule has 0 bridgehead atoms. The largest absolute Gasteiger partial charge is 0.402 e. The Balaban J connectivity index is 1.33. The minimum absolute atomic E-state index is 0.0729. The van der Waals surface area contributed by atoms with Crippen molar-refractivity contribution >= 4 is 51.3 Å². The van der Waals surface area contributed by atoms with Gasteiger partial charge in [-0.15, -0.1) is 11.8 Å². The van der Waals surface area contributed by atoms with Crippen LogP contribution in [0.5, 0.6) is 0 Å². The van der Waals surface area contributed by atoms with Crippen LogP contribution in [0.2, 0.25) is 5.02 Å². The summed E-state index contributed by atoms with van der Waals surface area (Å²) < 4.78 is 99.5. The van der Waals surface area contributed by atoms with Gasteiger partial charge in [0.15, 0.2) is 9.84 Å². The SMILES string of the molecule is O=C(Cc1ccc(CS(=O)(=O)CC(F)(F)F)cc1Cl)N1CCN(C2=NC=NC3SC(CC(F)(F)F)=CC23)CC1. The van der Waals surface area contributed by atoms with Crippen LogP contribution in [0, 0.1) is 5.92 Å². The van der Waals surface area contributed by atoms with E-state index in [4.69, 9.17) is 11.6 Å². The van der Waals surface area contributed by atoms with E-state index in [1.165, 1.54) is 24.5 Å². The van der Waals surface area contributed by atoms with Crippen LogP contribution >= 0.6 is 23.4 Å². The van der Waals surface area contributed by atoms with Gasteiger partial charge in [0.25, 0.3) is 0 Å². The second-order valence-electron chi connectivity index (χ2n) is 9.33. The third-order valence-electron chi connectivity index (χ3n) is 6.21. The van der Waals surface area contributed by atoms with Crippen LogP contribution < -0.4 is 0 Å². The first kappa shape index (κ1) is 29.7. The van der Waals surface area contributed by atoms with Gasteiger partial charge in [-0.2, -0.15) is 26.3 Å². The summed E-state index contributed by atoms with van der Waals surface area (Å²) in [7, 11) is -4.43. The number of allylic oxidation sites excluding steroid dienone is 1. The van der Waals surface area contributed by atoms with Crippen molar-refractivity contribution in [2.24, 2.45) is 15.9 Å². The van der Waals surface area contributed by atoms with Crippen LogP contribution in [-0.4, -0.2) is 86.0 Å². The molecule has 1 fully saturated rings. The summed E-state index contributed by atoms with van der Waals surface area (Å²) in [5.74, 6) is -2.77. The first-order chi connectivity index (χ1) is 18.1. The summed E-state index contributed by atoms with van der Waals surface area (Å²) >= 11 is 7.28. The molecule has 3 aliphatic rings. The number of hydrogen-bond acceptors (Lipinski definition) is 7. The van der Waals surface area contributed by atoms with Gasteiger partial charge >= 0.3 is 12.4 Å². The lowest BCUT2D eigenvalue weighted by atomic mass is 10.0. The highest BCUT2D eigenvalue weighted by molar-refractivity contribution is 8.04. The Bertz CT molecular complexity index is 1310. The quantitative estimate of drug-likeness (QED) is 0.441. The van der Waals surface area contributed by atoms with Gasteiger partial charge in [-0.05, 0) is 22.1 Å². The number of sulfone groups is 1. The summed E-state index contributed by atoms with van der Waals surface area (Å²) in [4.78, 5) is 25.2. The van der Waals surface area contributed by atoms with Gasteiger partial charge in [0, 0.05) is 31.2 Å². The molecule has 0 saturated carbocycles. The lowest BCUT2D eigenvalue weighted by molar-refractivity contribution is -0.131. The number of aliphatic imine (C=N–C) groups is 2. The Kier molecular flexibility index (Phi) is 8.62. The minimum Gasteiger partial charge on any atom is -0.356 e. The molecule has 0 N–H and O–H groups in total. The number of rotatable bonds is 6. The van der Waals surface area contributed by atoms with Crippen LogP contribution in [0.25, 0.3) is 0 Å². The van der Waals surface area contributed by atoms with Crippen molar-refractivity contribution in [1.82, 2.24) is 9.80 Å². The molecule has 0 radical (unpaired) electrons. The van der Waals surface area contributed by atoms with Gasteiger partial charge in [0.05, 0.1) is 24.5 Å². The number of hydrogen-bond donors (Lipinski definition) is 0. The van der Waals surface area contributed by atoms with Crippen LogP contribution in [-0.2, 0) is 26.8 Å². The number of halogens is 7. The van der Waals surface area contributed by atoms with Crippen molar-refractivity contribution in [1.29, 1.82) is 0 Å². The number of piperazine rings is 1. The summed E-state index contributed by atoms with van der Waals surface area (Å²) in [5, 5.41) is -0.327. The maximum Gasteiger partial charge on any atom is 0.402 e. The molecular weight excluding hydrogens is 594 g/mol. The Labute approximate surface area is 229 Å². The molecule has 16 heteroatoms. The molecule has 39 heavy (non-hydrogen) atoms. The minimum atomic E-state index is -4.85. The molecule has 0 aromatic heterocycles. The molecule has 1 amide bonds. The smallest absolute Gasteiger partial charge is 0.356 e. The number of carbonyl (C=O) groups excluding carboxylic acids is 1. The van der Waals surface area contributed by atoms with E-state index in [1.54, 1.807) is 11.0 Å². The van der Waals surface area contributed by atoms with Gasteiger partial charge in [-0.25, -0.2) is 13.4 Å². The number of thioether (sulfide) groups is 1. The highest BCUT2D eigenvalue weighted by Crippen LogP contribution is 2.44. The van der Waals surface area contributed by atoms with Gasteiger partial charge in [-0.1, -0.05) is 29.8 Å². The predicted molar refractivity (Wildman–Crippen MR) is 136 cm³/mol. The van der Waals surface area contributed by atoms with E-state index < -0.39 is 45.5 Å². The third-order valence-corrected chi connectivity index (χ3v) is 9.34. The first-order valence-electron chi connectivity index (χ1n) is 11.7. The van der Waals surface area contributed by atoms with Crippen LogP contribution in [0.1, 0.15) is 17.5 Å². The maximum absolute atomic E-state index is 12.9. The number of fused-ring (bicyclic) bond motifs is 1. The number of carbonyl (C=O) groups is 1. The van der Waals surface area contributed by atoms with E-state index in [2.05, 4.69) is 9.98 Å². The van der Waals surface area contributed by atoms with E-state index in [0.29, 0.717) is 37.6 Å². The molecule has 1 saturated heterocycles. The fourth-order valence-electron chi connectivity index (χ4n) is 4.55. The second kappa shape index (κ2) is 11.3. The van der Waals surface area contributed by atoms with E-state index >= 15 is 0 Å². The number of amidine groups is 1. The molecule has 7 nitrogen and oxygen atoms in total. The fourth-order valence-corrected chi connectivity index (χ4v) is 7.35. The molecule has 2 unspecified atom stereocenters. The third kappa shape index (κ3) is 8.13. The van der Waals surface area contributed by atoms with Gasteiger partial charge in [0.2, 0.25) is 5.91 Å². The maximum atomic E-state index is 12.9. The summed E-state index contributed by atoms with van der Waals surface area (Å²) in [5.41, 5.74) is 0.490. The summed E-state index contributed by atoms with van der Waals surface area (Å²) in [6.07, 6.45) is -7.34. The van der Waals surface area contributed by atoms with Crippen molar-refractivity contribution in [2.75, 3.05) is 31.9 Å². The molecule has 3 heterocycles. The van der Waals surface area contributed by atoms with E-state index in [1.807, 2.05) is 4.90 Å². The Morgan fingerprint density at radius 3 is 2.38 bits per heavy atom. The highest BCUT2D eigenvalue weighted by atomic mass is 35.5. The first-order valence-corrected chi connectivity index (χ1v) is 14.8. The van der Waals surface area contributed by atoms with Crippen molar-refractivity contribution in [3.8, 4) is 0 Å². The van der Waals surface area contributed by atoms with Crippen LogP contribution in [0.4, 0.5) is 26.3 Å². The molecule has 214 valence electrons. The van der Waals surface area contributed by atoms with E-state index in [-0.39, 0.29) is 33.7 Å². The molecule has 2 atom stereocenters. The second-order valence-corrected chi connectivity index (χ2v) is 13.0. The predicted octanol–water partition coefficient (Wildman–Crippen LogP) is 4.47. The number of benzene rings is 1. The lowest BCUT2D eigenvalue weighted by Crippen LogP contribution is -2.53. The van der Waals surface area contributed by atoms with Crippen molar-refractivity contribution in [3.05, 3.63) is 45.3 Å². The molecule has 0 spiro atoms. The number of alkyl halides is 6. The van der Waals surface area contributed by atoms with Crippen molar-refractivity contribution < 1.29 is 39.6 Å². The molecule has 0 aliphatic carbocycles. The summed E-state index contributed by atoms with van der Waals surface area (Å²) in [6.45, 7) is 1.50. The van der Waals surface area contributed by atoms with Gasteiger partial charge < -0.3 is 9.80 Å². The molecular formula is C23H23ClF6N4O3S2. The normalized spacial score (nSPS) is 22.0. The van der Waals surface area contributed by atoms with Gasteiger partial charge in [-0.3, -0.25) is 9.79 Å². The Morgan fingerprint density at radius 1 is 1.08 bits per heavy atom.